The molecule has 1 amide bonds. The molecule has 116 valence electrons. The second kappa shape index (κ2) is 7.94. The molecule has 1 aromatic heterocycles. The predicted octanol–water partition coefficient (Wildman–Crippen LogP) is 1.03. The number of carbonyl (C=O) groups is 2. The van der Waals surface area contributed by atoms with Crippen molar-refractivity contribution in [3.63, 3.8) is 0 Å². The van der Waals surface area contributed by atoms with Crippen molar-refractivity contribution in [1.82, 2.24) is 15.3 Å². The van der Waals surface area contributed by atoms with E-state index < -0.39 is 12.1 Å². The molecule has 0 fully saturated rings. The molecule has 0 spiro atoms. The summed E-state index contributed by atoms with van der Waals surface area (Å²) in [5.41, 5.74) is 1.01. The summed E-state index contributed by atoms with van der Waals surface area (Å²) in [6.45, 7) is 3.62. The van der Waals surface area contributed by atoms with Gasteiger partial charge >= 0.3 is 5.97 Å². The largest absolute Gasteiger partial charge is 0.481 e. The number of methoxy groups -OCH3 is 1. The van der Waals surface area contributed by atoms with E-state index in [-0.39, 0.29) is 18.9 Å². The van der Waals surface area contributed by atoms with Crippen LogP contribution in [0.4, 0.5) is 0 Å². The molecular formula is C13H19N3O4S. The molecule has 0 aromatic carbocycles. The first-order valence-corrected chi connectivity index (χ1v) is 7.53. The van der Waals surface area contributed by atoms with Gasteiger partial charge in [0.2, 0.25) is 0 Å². The summed E-state index contributed by atoms with van der Waals surface area (Å²) in [6.07, 6.45) is 1.09. The van der Waals surface area contributed by atoms with Crippen LogP contribution < -0.4 is 5.32 Å². The van der Waals surface area contributed by atoms with Crippen molar-refractivity contribution in [3.8, 4) is 0 Å². The smallest absolute Gasteiger partial charge is 0.306 e. The summed E-state index contributed by atoms with van der Waals surface area (Å²) in [6, 6.07) is 0. The van der Waals surface area contributed by atoms with Gasteiger partial charge in [0.25, 0.3) is 5.91 Å². The van der Waals surface area contributed by atoms with E-state index in [4.69, 9.17) is 9.84 Å². The number of aromatic nitrogens is 2. The highest BCUT2D eigenvalue weighted by Crippen LogP contribution is 2.20. The number of hydrogen-bond donors (Lipinski definition) is 2. The van der Waals surface area contributed by atoms with E-state index in [9.17, 15) is 9.59 Å². The maximum absolute atomic E-state index is 12.3. The zero-order valence-corrected chi connectivity index (χ0v) is 13.3. The minimum absolute atomic E-state index is 0.114. The van der Waals surface area contributed by atoms with Gasteiger partial charge in [0.1, 0.15) is 10.9 Å². The fourth-order valence-corrected chi connectivity index (χ4v) is 2.49. The fourth-order valence-electron chi connectivity index (χ4n) is 1.82. The van der Waals surface area contributed by atoms with Crippen molar-refractivity contribution in [2.24, 2.45) is 0 Å². The van der Waals surface area contributed by atoms with Crippen molar-refractivity contribution >= 4 is 23.6 Å². The van der Waals surface area contributed by atoms with Gasteiger partial charge < -0.3 is 15.2 Å². The molecule has 0 aliphatic carbocycles. The van der Waals surface area contributed by atoms with Crippen molar-refractivity contribution in [2.75, 3.05) is 19.9 Å². The Hall–Kier alpha value is -1.67. The lowest BCUT2D eigenvalue weighted by atomic mass is 10.2. The average Bonchev–Trinajstić information content (AvgIpc) is 2.41. The van der Waals surface area contributed by atoms with Crippen LogP contribution in [0.15, 0.2) is 5.03 Å². The van der Waals surface area contributed by atoms with Gasteiger partial charge in [-0.15, -0.1) is 11.8 Å². The van der Waals surface area contributed by atoms with E-state index in [0.717, 1.165) is 0 Å². The summed E-state index contributed by atoms with van der Waals surface area (Å²) >= 11 is 1.37. The Morgan fingerprint density at radius 2 is 2.05 bits per heavy atom. The van der Waals surface area contributed by atoms with Crippen LogP contribution in [0.3, 0.4) is 0 Å². The number of nitrogens with one attached hydrogen (secondary N) is 1. The fraction of sp³-hybridized carbons (Fsp3) is 0.538. The molecule has 0 saturated carbocycles. The Kier molecular flexibility index (Phi) is 6.57. The van der Waals surface area contributed by atoms with Crippen LogP contribution in [-0.4, -0.2) is 53.0 Å². The van der Waals surface area contributed by atoms with Gasteiger partial charge in [-0.1, -0.05) is 0 Å². The van der Waals surface area contributed by atoms with Gasteiger partial charge in [-0.2, -0.15) is 0 Å². The van der Waals surface area contributed by atoms with Gasteiger partial charge in [-0.05, 0) is 20.1 Å². The molecule has 8 heteroatoms. The quantitative estimate of drug-likeness (QED) is 0.572. The molecule has 1 atom stereocenters. The normalized spacial score (nSPS) is 12.0. The molecule has 21 heavy (non-hydrogen) atoms. The summed E-state index contributed by atoms with van der Waals surface area (Å²) < 4.78 is 5.02. The summed E-state index contributed by atoms with van der Waals surface area (Å²) in [7, 11) is 1.41. The molecule has 2 N–H and O–H groups in total. The van der Waals surface area contributed by atoms with Crippen molar-refractivity contribution in [1.29, 1.82) is 0 Å². The van der Waals surface area contributed by atoms with Crippen molar-refractivity contribution < 1.29 is 19.4 Å². The average molecular weight is 313 g/mol. The van der Waals surface area contributed by atoms with Crippen molar-refractivity contribution in [3.05, 3.63) is 17.1 Å². The number of amides is 1. The van der Waals surface area contributed by atoms with Crippen molar-refractivity contribution in [2.45, 2.75) is 31.4 Å². The van der Waals surface area contributed by atoms with Gasteiger partial charge in [-0.3, -0.25) is 9.59 Å². The SMILES string of the molecule is COC(CNC(=O)c1c(C)nc(C)nc1SC)CC(=O)O. The first-order valence-electron chi connectivity index (χ1n) is 6.31. The van der Waals surface area contributed by atoms with E-state index in [0.29, 0.717) is 22.1 Å². The molecule has 0 saturated heterocycles. The maximum atomic E-state index is 12.3. The zero-order chi connectivity index (χ0) is 16.0. The molecule has 0 aliphatic heterocycles. The number of rotatable bonds is 7. The van der Waals surface area contributed by atoms with E-state index in [1.54, 1.807) is 13.8 Å². The van der Waals surface area contributed by atoms with Gasteiger partial charge in [0.15, 0.2) is 0 Å². The number of aryl methyl sites for hydroxylation is 2. The Labute approximate surface area is 127 Å². The van der Waals surface area contributed by atoms with Crippen LogP contribution in [0.25, 0.3) is 0 Å². The van der Waals surface area contributed by atoms with Gasteiger partial charge in [0, 0.05) is 13.7 Å². The number of carboxylic acids is 1. The number of carboxylic acid groups (broad SMARTS) is 1. The maximum Gasteiger partial charge on any atom is 0.306 e. The summed E-state index contributed by atoms with van der Waals surface area (Å²) in [5, 5.41) is 12.0. The van der Waals surface area contributed by atoms with Crippen LogP contribution in [0.1, 0.15) is 28.3 Å². The van der Waals surface area contributed by atoms with Crippen LogP contribution in [-0.2, 0) is 9.53 Å². The molecule has 0 radical (unpaired) electrons. The second-order valence-electron chi connectivity index (χ2n) is 4.41. The third kappa shape index (κ3) is 4.98. The van der Waals surface area contributed by atoms with Crippen LogP contribution in [0, 0.1) is 13.8 Å². The summed E-state index contributed by atoms with van der Waals surface area (Å²) in [5.74, 6) is -0.700. The molecule has 1 heterocycles. The Balaban J connectivity index is 2.82. The minimum atomic E-state index is -0.976. The first-order chi connectivity index (χ1) is 9.88. The van der Waals surface area contributed by atoms with Gasteiger partial charge in [0.05, 0.1) is 23.8 Å². The van der Waals surface area contributed by atoms with Crippen LogP contribution in [0.2, 0.25) is 0 Å². The van der Waals surface area contributed by atoms with E-state index in [1.807, 2.05) is 6.26 Å². The lowest BCUT2D eigenvalue weighted by Gasteiger charge is -2.15. The van der Waals surface area contributed by atoms with Crippen LogP contribution in [0.5, 0.6) is 0 Å². The Bertz CT molecular complexity index is 536. The van der Waals surface area contributed by atoms with Crippen LogP contribution >= 0.6 is 11.8 Å². The highest BCUT2D eigenvalue weighted by atomic mass is 32.2. The second-order valence-corrected chi connectivity index (χ2v) is 5.20. The third-order valence-corrected chi connectivity index (χ3v) is 3.50. The molecule has 1 rings (SSSR count). The lowest BCUT2D eigenvalue weighted by Crippen LogP contribution is -2.35. The molecular weight excluding hydrogens is 294 g/mol. The standard InChI is InChI=1S/C13H19N3O4S/c1-7-11(13(21-4)16-8(2)15-7)12(19)14-6-9(20-3)5-10(17)18/h9H,5-6H2,1-4H3,(H,14,19)(H,17,18). The third-order valence-electron chi connectivity index (χ3n) is 2.81. The number of ether oxygens (including phenoxy) is 1. The number of nitrogens with zero attached hydrogens (tertiary/aromatic N) is 2. The Morgan fingerprint density at radius 1 is 1.38 bits per heavy atom. The molecule has 0 aliphatic rings. The molecule has 1 unspecified atom stereocenters. The zero-order valence-electron chi connectivity index (χ0n) is 12.5. The highest BCUT2D eigenvalue weighted by molar-refractivity contribution is 7.98. The monoisotopic (exact) mass is 313 g/mol. The number of thioether (sulfide) groups is 1. The number of hydrogen-bond acceptors (Lipinski definition) is 6. The highest BCUT2D eigenvalue weighted by Gasteiger charge is 2.19. The molecule has 1 aromatic rings. The lowest BCUT2D eigenvalue weighted by molar-refractivity contribution is -0.139. The number of aliphatic carboxylic acids is 1. The van der Waals surface area contributed by atoms with E-state index in [2.05, 4.69) is 15.3 Å². The van der Waals surface area contributed by atoms with E-state index >= 15 is 0 Å². The predicted molar refractivity (Wildman–Crippen MR) is 78.7 cm³/mol. The summed E-state index contributed by atoms with van der Waals surface area (Å²) in [4.78, 5) is 31.3. The molecule has 0 bridgehead atoms. The first kappa shape index (κ1) is 17.4. The minimum Gasteiger partial charge on any atom is -0.481 e. The number of carbonyl (C=O) groups excluding carboxylic acids is 1. The van der Waals surface area contributed by atoms with E-state index in [1.165, 1.54) is 18.9 Å². The van der Waals surface area contributed by atoms with Gasteiger partial charge in [-0.25, -0.2) is 9.97 Å². The Morgan fingerprint density at radius 3 is 2.57 bits per heavy atom. The molecule has 7 nitrogen and oxygen atoms in total. The topological polar surface area (TPSA) is 101 Å².